The summed E-state index contributed by atoms with van der Waals surface area (Å²) in [7, 11) is 0. The molecule has 0 radical (unpaired) electrons. The van der Waals surface area contributed by atoms with Crippen LogP contribution in [-0.2, 0) is 0 Å². The van der Waals surface area contributed by atoms with Crippen LogP contribution in [0, 0.1) is 0 Å². The normalized spacial score (nSPS) is 24.3. The van der Waals surface area contributed by atoms with Crippen molar-refractivity contribution in [1.29, 1.82) is 0 Å². The lowest BCUT2D eigenvalue weighted by molar-refractivity contribution is -0.530. The molecular formula is C9H17N2+. The molecule has 0 bridgehead atoms. The molecule has 0 aromatic carbocycles. The van der Waals surface area contributed by atoms with E-state index in [-0.39, 0.29) is 0 Å². The number of amidine groups is 1. The van der Waals surface area contributed by atoms with Crippen molar-refractivity contribution in [3.05, 3.63) is 0 Å². The topological polar surface area (TPSA) is 6.25 Å². The summed E-state index contributed by atoms with van der Waals surface area (Å²) < 4.78 is 2.56. The van der Waals surface area contributed by atoms with Gasteiger partial charge < -0.3 is 0 Å². The van der Waals surface area contributed by atoms with E-state index in [0.717, 1.165) is 0 Å². The van der Waals surface area contributed by atoms with E-state index in [0.29, 0.717) is 0 Å². The van der Waals surface area contributed by atoms with Gasteiger partial charge in [-0.25, -0.2) is 0 Å². The fraction of sp³-hybridized carbons (Fsp3) is 0.889. The van der Waals surface area contributed by atoms with E-state index in [4.69, 9.17) is 0 Å². The zero-order valence-corrected chi connectivity index (χ0v) is 7.34. The third kappa shape index (κ3) is 1.15. The second-order valence-corrected chi connectivity index (χ2v) is 3.44. The van der Waals surface area contributed by atoms with Gasteiger partial charge in [-0.3, -0.25) is 9.48 Å². The predicted molar refractivity (Wildman–Crippen MR) is 46.1 cm³/mol. The number of hydrogen-bond acceptors (Lipinski definition) is 1. The fourth-order valence-electron chi connectivity index (χ4n) is 2.24. The predicted octanol–water partition coefficient (Wildman–Crippen LogP) is 0.917. The van der Waals surface area contributed by atoms with Crippen molar-refractivity contribution in [1.82, 2.24) is 4.90 Å². The monoisotopic (exact) mass is 153 g/mol. The molecule has 11 heavy (non-hydrogen) atoms. The van der Waals surface area contributed by atoms with Gasteiger partial charge in [-0.1, -0.05) is 0 Å². The lowest BCUT2D eigenvalue weighted by Gasteiger charge is -2.21. The molecule has 0 aromatic rings. The summed E-state index contributed by atoms with van der Waals surface area (Å²) in [6.45, 7) is 7.38. The molecule has 0 N–H and O–H groups in total. The van der Waals surface area contributed by atoms with Gasteiger partial charge in [0.1, 0.15) is 0 Å². The molecule has 0 aliphatic carbocycles. The molecule has 2 heteroatoms. The Hall–Kier alpha value is -0.530. The Kier molecular flexibility index (Phi) is 1.84. The van der Waals surface area contributed by atoms with Gasteiger partial charge in [0.25, 0.3) is 0 Å². The Morgan fingerprint density at radius 1 is 1.36 bits per heavy atom. The van der Waals surface area contributed by atoms with Crippen LogP contribution < -0.4 is 0 Å². The molecule has 0 aromatic heterocycles. The molecule has 2 heterocycles. The van der Waals surface area contributed by atoms with Crippen molar-refractivity contribution < 1.29 is 4.58 Å². The molecule has 0 amide bonds. The first kappa shape index (κ1) is 7.14. The third-order valence-corrected chi connectivity index (χ3v) is 2.80. The van der Waals surface area contributed by atoms with Gasteiger partial charge >= 0.3 is 0 Å². The molecule has 2 aliphatic heterocycles. The van der Waals surface area contributed by atoms with E-state index in [1.807, 2.05) is 0 Å². The highest BCUT2D eigenvalue weighted by Crippen LogP contribution is 2.13. The van der Waals surface area contributed by atoms with E-state index < -0.39 is 0 Å². The summed E-state index contributed by atoms with van der Waals surface area (Å²) in [5, 5.41) is 0. The minimum atomic E-state index is 1.20. The Morgan fingerprint density at radius 3 is 3.00 bits per heavy atom. The Bertz CT molecular complexity index is 184. The van der Waals surface area contributed by atoms with E-state index in [1.54, 1.807) is 5.84 Å². The number of rotatable bonds is 1. The first-order valence-electron chi connectivity index (χ1n) is 4.77. The second-order valence-electron chi connectivity index (χ2n) is 3.44. The van der Waals surface area contributed by atoms with E-state index in [9.17, 15) is 0 Å². The maximum atomic E-state index is 2.56. The zero-order valence-electron chi connectivity index (χ0n) is 7.34. The third-order valence-electron chi connectivity index (χ3n) is 2.80. The summed E-state index contributed by atoms with van der Waals surface area (Å²) in [4.78, 5) is 2.54. The highest BCUT2D eigenvalue weighted by atomic mass is 15.3. The van der Waals surface area contributed by atoms with Crippen LogP contribution in [0.1, 0.15) is 26.2 Å². The van der Waals surface area contributed by atoms with Gasteiger partial charge in [0.05, 0.1) is 32.6 Å². The Balaban J connectivity index is 2.17. The van der Waals surface area contributed by atoms with Gasteiger partial charge in [0, 0.05) is 6.42 Å². The summed E-state index contributed by atoms with van der Waals surface area (Å²) >= 11 is 0. The highest BCUT2D eigenvalue weighted by Gasteiger charge is 2.29. The molecule has 0 unspecified atom stereocenters. The minimum absolute atomic E-state index is 1.20. The van der Waals surface area contributed by atoms with Crippen LogP contribution in [0.3, 0.4) is 0 Å². The van der Waals surface area contributed by atoms with Crippen LogP contribution in [0.4, 0.5) is 0 Å². The standard InChI is InChI=1S/C9H17N2/c1-2-10-7-4-8-11-6-3-5-9(10)11/h2-8H2,1H3/q+1. The van der Waals surface area contributed by atoms with Gasteiger partial charge in [0.15, 0.2) is 0 Å². The second kappa shape index (κ2) is 2.84. The maximum Gasteiger partial charge on any atom is 0.246 e. The average molecular weight is 153 g/mol. The van der Waals surface area contributed by atoms with Crippen LogP contribution in [0.2, 0.25) is 0 Å². The van der Waals surface area contributed by atoms with E-state index in [1.165, 1.54) is 45.4 Å². The molecule has 0 fully saturated rings. The summed E-state index contributed by atoms with van der Waals surface area (Å²) in [5.41, 5.74) is 0. The molecule has 2 rings (SSSR count). The van der Waals surface area contributed by atoms with E-state index >= 15 is 0 Å². The zero-order chi connectivity index (χ0) is 7.68. The maximum absolute atomic E-state index is 2.56. The molecule has 2 aliphatic rings. The van der Waals surface area contributed by atoms with Gasteiger partial charge in [-0.15, -0.1) is 0 Å². The largest absolute Gasteiger partial charge is 0.266 e. The van der Waals surface area contributed by atoms with Crippen molar-refractivity contribution >= 4 is 5.84 Å². The van der Waals surface area contributed by atoms with Crippen LogP contribution in [0.25, 0.3) is 0 Å². The first-order valence-corrected chi connectivity index (χ1v) is 4.77. The van der Waals surface area contributed by atoms with Gasteiger partial charge in [-0.05, 0) is 13.3 Å². The molecule has 0 spiro atoms. The van der Waals surface area contributed by atoms with Crippen molar-refractivity contribution in [2.24, 2.45) is 0 Å². The van der Waals surface area contributed by atoms with E-state index in [2.05, 4.69) is 16.4 Å². The van der Waals surface area contributed by atoms with Crippen molar-refractivity contribution in [2.45, 2.75) is 26.2 Å². The van der Waals surface area contributed by atoms with Crippen molar-refractivity contribution in [3.8, 4) is 0 Å². The van der Waals surface area contributed by atoms with Crippen molar-refractivity contribution in [2.75, 3.05) is 26.2 Å². The van der Waals surface area contributed by atoms with Crippen LogP contribution in [-0.4, -0.2) is 41.5 Å². The van der Waals surface area contributed by atoms with Crippen LogP contribution in [0.5, 0.6) is 0 Å². The van der Waals surface area contributed by atoms with Crippen LogP contribution in [0.15, 0.2) is 0 Å². The lowest BCUT2D eigenvalue weighted by atomic mass is 10.2. The highest BCUT2D eigenvalue weighted by molar-refractivity contribution is 5.78. The Labute approximate surface area is 68.5 Å². The number of hydrogen-bond donors (Lipinski definition) is 0. The molecular weight excluding hydrogens is 136 g/mol. The van der Waals surface area contributed by atoms with Gasteiger partial charge in [0.2, 0.25) is 5.84 Å². The molecule has 0 atom stereocenters. The fourth-order valence-corrected chi connectivity index (χ4v) is 2.24. The molecule has 0 saturated heterocycles. The molecule has 2 nitrogen and oxygen atoms in total. The summed E-state index contributed by atoms with van der Waals surface area (Å²) in [5.74, 6) is 1.62. The van der Waals surface area contributed by atoms with Gasteiger partial charge in [-0.2, -0.15) is 0 Å². The summed E-state index contributed by atoms with van der Waals surface area (Å²) in [6, 6.07) is 0. The first-order chi connectivity index (χ1) is 5.42. The minimum Gasteiger partial charge on any atom is -0.266 e. The SMILES string of the molecule is CCN1CCC[N+]2=C1CCC2. The number of nitrogens with zero attached hydrogens (tertiary/aromatic N) is 2. The quantitative estimate of drug-likeness (QED) is 0.508. The smallest absolute Gasteiger partial charge is 0.246 e. The summed E-state index contributed by atoms with van der Waals surface area (Å²) in [6.07, 6.45) is 4.07. The van der Waals surface area contributed by atoms with Crippen molar-refractivity contribution in [3.63, 3.8) is 0 Å². The molecule has 0 saturated carbocycles. The molecule has 62 valence electrons. The Morgan fingerprint density at radius 2 is 2.18 bits per heavy atom. The van der Waals surface area contributed by atoms with Crippen LogP contribution >= 0.6 is 0 Å². The average Bonchev–Trinajstić information content (AvgIpc) is 2.50. The lowest BCUT2D eigenvalue weighted by Crippen LogP contribution is -2.41.